The molecule has 2 aromatic rings. The minimum absolute atomic E-state index is 0.0313. The fraction of sp³-hybridized carbons (Fsp3) is 0.364. The van der Waals surface area contributed by atoms with Gasteiger partial charge in [-0.2, -0.15) is 0 Å². The summed E-state index contributed by atoms with van der Waals surface area (Å²) >= 11 is 0. The third-order valence-corrected chi connectivity index (χ3v) is 6.06. The summed E-state index contributed by atoms with van der Waals surface area (Å²) in [6.07, 6.45) is 0.182. The van der Waals surface area contributed by atoms with E-state index >= 15 is 0 Å². The molecule has 8 heteroatoms. The molecule has 3 atom stereocenters. The first-order valence-electron chi connectivity index (χ1n) is 9.93. The summed E-state index contributed by atoms with van der Waals surface area (Å²) in [5.74, 6) is -1.91. The summed E-state index contributed by atoms with van der Waals surface area (Å²) in [6, 6.07) is 15.9. The Labute approximate surface area is 173 Å². The molecule has 0 radical (unpaired) electrons. The second-order valence-corrected chi connectivity index (χ2v) is 7.76. The third-order valence-electron chi connectivity index (χ3n) is 6.06. The number of fused-ring (bicyclic) bond motifs is 3. The monoisotopic (exact) mass is 406 g/mol. The van der Waals surface area contributed by atoms with Gasteiger partial charge in [-0.3, -0.25) is 4.79 Å². The molecule has 1 saturated carbocycles. The smallest absolute Gasteiger partial charge is 0.407 e. The maximum atomic E-state index is 12.4. The Kier molecular flexibility index (Phi) is 5.59. The van der Waals surface area contributed by atoms with E-state index in [1.807, 2.05) is 24.3 Å². The average molecular weight is 406 g/mol. The quantitative estimate of drug-likeness (QED) is 0.421. The highest BCUT2D eigenvalue weighted by molar-refractivity contribution is 5.79. The van der Waals surface area contributed by atoms with Crippen LogP contribution in [0.2, 0.25) is 0 Å². The molecule has 154 valence electrons. The average Bonchev–Trinajstić information content (AvgIpc) is 3.30. The number of ether oxygens (including phenoxy) is 1. The molecule has 4 rings (SSSR count). The number of nitrogens with zero attached hydrogens (tertiary/aromatic N) is 3. The van der Waals surface area contributed by atoms with Crippen LogP contribution in [0.3, 0.4) is 0 Å². The van der Waals surface area contributed by atoms with Gasteiger partial charge in [0.1, 0.15) is 6.61 Å². The second kappa shape index (κ2) is 8.47. The van der Waals surface area contributed by atoms with E-state index in [1.165, 1.54) is 0 Å². The third kappa shape index (κ3) is 3.82. The van der Waals surface area contributed by atoms with E-state index in [2.05, 4.69) is 39.6 Å². The van der Waals surface area contributed by atoms with Gasteiger partial charge in [0, 0.05) is 23.4 Å². The van der Waals surface area contributed by atoms with Gasteiger partial charge in [-0.15, -0.1) is 0 Å². The van der Waals surface area contributed by atoms with Gasteiger partial charge in [-0.25, -0.2) is 4.79 Å². The van der Waals surface area contributed by atoms with Crippen molar-refractivity contribution >= 4 is 12.1 Å². The van der Waals surface area contributed by atoms with E-state index < -0.39 is 18.0 Å². The van der Waals surface area contributed by atoms with Crippen LogP contribution in [0.4, 0.5) is 4.79 Å². The maximum absolute atomic E-state index is 12.4. The number of carboxylic acids is 1. The summed E-state index contributed by atoms with van der Waals surface area (Å²) in [6.45, 7) is 0.313. The fourth-order valence-corrected chi connectivity index (χ4v) is 4.70. The summed E-state index contributed by atoms with van der Waals surface area (Å²) < 4.78 is 5.53. The molecular formula is C22H22N4O4. The van der Waals surface area contributed by atoms with Crippen molar-refractivity contribution < 1.29 is 19.4 Å². The van der Waals surface area contributed by atoms with Crippen LogP contribution in [0.1, 0.15) is 29.9 Å². The van der Waals surface area contributed by atoms with Gasteiger partial charge in [0.2, 0.25) is 0 Å². The van der Waals surface area contributed by atoms with Crippen LogP contribution in [0.25, 0.3) is 21.6 Å². The number of amides is 1. The number of nitrogens with one attached hydrogen (secondary N) is 1. The van der Waals surface area contributed by atoms with Crippen LogP contribution >= 0.6 is 0 Å². The Morgan fingerprint density at radius 2 is 1.73 bits per heavy atom. The minimum atomic E-state index is -0.940. The molecule has 2 aliphatic carbocycles. The van der Waals surface area contributed by atoms with E-state index in [1.54, 1.807) is 0 Å². The van der Waals surface area contributed by atoms with Gasteiger partial charge in [-0.1, -0.05) is 53.6 Å². The Bertz CT molecular complexity index is 972. The first kappa shape index (κ1) is 19.8. The van der Waals surface area contributed by atoms with Gasteiger partial charge < -0.3 is 15.2 Å². The molecule has 8 nitrogen and oxygen atoms in total. The number of carboxylic acid groups (broad SMARTS) is 1. The zero-order valence-corrected chi connectivity index (χ0v) is 16.3. The number of aliphatic carboxylic acids is 1. The maximum Gasteiger partial charge on any atom is 0.407 e. The van der Waals surface area contributed by atoms with Crippen LogP contribution in [0.15, 0.2) is 53.6 Å². The van der Waals surface area contributed by atoms with E-state index in [4.69, 9.17) is 10.3 Å². The molecule has 0 heterocycles. The van der Waals surface area contributed by atoms with E-state index in [-0.39, 0.29) is 31.0 Å². The lowest BCUT2D eigenvalue weighted by molar-refractivity contribution is -0.142. The van der Waals surface area contributed by atoms with E-state index in [0.29, 0.717) is 12.8 Å². The molecule has 3 unspecified atom stereocenters. The largest absolute Gasteiger partial charge is 0.481 e. The first-order valence-corrected chi connectivity index (χ1v) is 9.93. The number of rotatable bonds is 6. The van der Waals surface area contributed by atoms with E-state index in [9.17, 15) is 14.7 Å². The molecule has 0 bridgehead atoms. The molecule has 2 aliphatic rings. The lowest BCUT2D eigenvalue weighted by Gasteiger charge is -2.17. The normalized spacial score (nSPS) is 21.9. The predicted octanol–water partition coefficient (Wildman–Crippen LogP) is 4.31. The highest BCUT2D eigenvalue weighted by Crippen LogP contribution is 2.44. The van der Waals surface area contributed by atoms with Crippen LogP contribution < -0.4 is 5.32 Å². The minimum Gasteiger partial charge on any atom is -0.481 e. The molecule has 30 heavy (non-hydrogen) atoms. The zero-order chi connectivity index (χ0) is 21.1. The van der Waals surface area contributed by atoms with E-state index in [0.717, 1.165) is 22.3 Å². The molecule has 0 aliphatic heterocycles. The van der Waals surface area contributed by atoms with Gasteiger partial charge in [0.25, 0.3) is 0 Å². The predicted molar refractivity (Wildman–Crippen MR) is 110 cm³/mol. The Morgan fingerprint density at radius 3 is 2.33 bits per heavy atom. The highest BCUT2D eigenvalue weighted by Gasteiger charge is 2.39. The summed E-state index contributed by atoms with van der Waals surface area (Å²) in [5, 5.41) is 15.7. The highest BCUT2D eigenvalue weighted by atomic mass is 16.5. The summed E-state index contributed by atoms with van der Waals surface area (Å²) in [5.41, 5.74) is 13.1. The standard InChI is InChI=1S/C22H22N4O4/c23-26-24-11-13-9-14(10-19(13)21(27)28)25-22(29)30-12-20-17-7-3-1-5-15(17)16-6-2-4-8-18(16)20/h1-8,13-14,19-20H,9-12H2,(H,25,29)(H,27,28). The van der Waals surface area contributed by atoms with Gasteiger partial charge in [0.05, 0.1) is 5.92 Å². The number of azide groups is 1. The molecule has 2 N–H and O–H groups in total. The van der Waals surface area contributed by atoms with Crippen LogP contribution in [0, 0.1) is 11.8 Å². The van der Waals surface area contributed by atoms with Crippen molar-refractivity contribution in [3.8, 4) is 11.1 Å². The molecular weight excluding hydrogens is 384 g/mol. The zero-order valence-electron chi connectivity index (χ0n) is 16.3. The summed E-state index contributed by atoms with van der Waals surface area (Å²) in [7, 11) is 0. The van der Waals surface area contributed by atoms with Crippen molar-refractivity contribution in [1.29, 1.82) is 0 Å². The van der Waals surface area contributed by atoms with Crippen molar-refractivity contribution in [1.82, 2.24) is 5.32 Å². The van der Waals surface area contributed by atoms with Crippen molar-refractivity contribution in [3.63, 3.8) is 0 Å². The Balaban J connectivity index is 1.39. The topological polar surface area (TPSA) is 124 Å². The van der Waals surface area contributed by atoms with Crippen LogP contribution in [-0.4, -0.2) is 36.4 Å². The van der Waals surface area contributed by atoms with Crippen molar-refractivity contribution in [3.05, 3.63) is 70.1 Å². The number of alkyl carbamates (subject to hydrolysis) is 1. The molecule has 0 spiro atoms. The Morgan fingerprint density at radius 1 is 1.10 bits per heavy atom. The van der Waals surface area contributed by atoms with Crippen LogP contribution in [0.5, 0.6) is 0 Å². The van der Waals surface area contributed by atoms with Gasteiger partial charge in [0.15, 0.2) is 0 Å². The molecule has 2 aromatic carbocycles. The number of hydrogen-bond acceptors (Lipinski definition) is 4. The van der Waals surface area contributed by atoms with Crippen molar-refractivity contribution in [2.45, 2.75) is 24.8 Å². The van der Waals surface area contributed by atoms with Crippen molar-refractivity contribution in [2.24, 2.45) is 17.0 Å². The molecule has 1 amide bonds. The lowest BCUT2D eigenvalue weighted by Crippen LogP contribution is -2.34. The number of carbonyl (C=O) groups excluding carboxylic acids is 1. The lowest BCUT2D eigenvalue weighted by atomic mass is 9.97. The fourth-order valence-electron chi connectivity index (χ4n) is 4.70. The van der Waals surface area contributed by atoms with Gasteiger partial charge in [-0.05, 0) is 46.5 Å². The summed E-state index contributed by atoms with van der Waals surface area (Å²) in [4.78, 5) is 26.6. The van der Waals surface area contributed by atoms with Gasteiger partial charge >= 0.3 is 12.1 Å². The Hall–Kier alpha value is -3.51. The molecule has 0 saturated heterocycles. The SMILES string of the molecule is [N-]=[N+]=NCC1CC(NC(=O)OCC2c3ccccc3-c3ccccc32)CC1C(=O)O. The first-order chi connectivity index (χ1) is 14.6. The number of carbonyl (C=O) groups is 2. The number of benzene rings is 2. The molecule has 1 fully saturated rings. The number of hydrogen-bond donors (Lipinski definition) is 2. The van der Waals surface area contributed by atoms with Crippen molar-refractivity contribution in [2.75, 3.05) is 13.2 Å². The van der Waals surface area contributed by atoms with Crippen LogP contribution in [-0.2, 0) is 9.53 Å². The second-order valence-electron chi connectivity index (χ2n) is 7.76. The molecule has 0 aromatic heterocycles.